The molecule has 0 heterocycles. The zero-order chi connectivity index (χ0) is 17.6. The van der Waals surface area contributed by atoms with Crippen LogP contribution in [0.1, 0.15) is 47.5 Å². The molecule has 0 bridgehead atoms. The van der Waals surface area contributed by atoms with E-state index in [9.17, 15) is 9.90 Å². The molecular weight excluding hydrogens is 286 g/mol. The summed E-state index contributed by atoms with van der Waals surface area (Å²) in [7, 11) is 0. The van der Waals surface area contributed by atoms with E-state index in [1.54, 1.807) is 0 Å². The van der Waals surface area contributed by atoms with Crippen molar-refractivity contribution in [1.82, 2.24) is 0 Å². The average Bonchev–Trinajstić information content (AvgIpc) is 2.42. The number of primary amides is 1. The summed E-state index contributed by atoms with van der Waals surface area (Å²) in [5.74, 6) is -0.437. The summed E-state index contributed by atoms with van der Waals surface area (Å²) in [4.78, 5) is 10.8. The third-order valence-electron chi connectivity index (χ3n) is 4.30. The molecular formula is C20H29NO2. The van der Waals surface area contributed by atoms with Crippen molar-refractivity contribution in [2.45, 2.75) is 53.6 Å². The topological polar surface area (TPSA) is 63.3 Å². The van der Waals surface area contributed by atoms with Crippen LogP contribution in [0.25, 0.3) is 0 Å². The molecule has 0 aromatic rings. The monoisotopic (exact) mass is 315 g/mol. The number of amides is 1. The van der Waals surface area contributed by atoms with Crippen LogP contribution in [0.4, 0.5) is 0 Å². The van der Waals surface area contributed by atoms with Gasteiger partial charge in [-0.2, -0.15) is 0 Å². The molecule has 0 aromatic carbocycles. The van der Waals surface area contributed by atoms with Crippen LogP contribution in [0.5, 0.6) is 0 Å². The molecule has 1 atom stereocenters. The molecule has 0 spiro atoms. The number of allylic oxidation sites excluding steroid dienone is 8. The highest BCUT2D eigenvalue weighted by atomic mass is 16.3. The molecule has 1 amide bonds. The van der Waals surface area contributed by atoms with E-state index in [1.807, 2.05) is 39.0 Å². The van der Waals surface area contributed by atoms with Gasteiger partial charge in [0.2, 0.25) is 5.91 Å². The van der Waals surface area contributed by atoms with Crippen molar-refractivity contribution in [2.24, 2.45) is 11.1 Å². The van der Waals surface area contributed by atoms with Gasteiger partial charge in [-0.05, 0) is 55.7 Å². The van der Waals surface area contributed by atoms with Crippen molar-refractivity contribution in [1.29, 1.82) is 0 Å². The van der Waals surface area contributed by atoms with Gasteiger partial charge in [-0.1, -0.05) is 49.8 Å². The fraction of sp³-hybridized carbons (Fsp3) is 0.450. The summed E-state index contributed by atoms with van der Waals surface area (Å²) in [5.41, 5.74) is 9.41. The Morgan fingerprint density at radius 3 is 2.52 bits per heavy atom. The van der Waals surface area contributed by atoms with Crippen LogP contribution in [-0.4, -0.2) is 17.1 Å². The molecule has 0 saturated carbocycles. The van der Waals surface area contributed by atoms with E-state index in [2.05, 4.69) is 26.0 Å². The highest BCUT2D eigenvalue weighted by Gasteiger charge is 2.30. The molecule has 3 N–H and O–H groups in total. The number of hydrogen-bond acceptors (Lipinski definition) is 2. The normalized spacial score (nSPS) is 23.1. The highest BCUT2D eigenvalue weighted by molar-refractivity contribution is 5.86. The lowest BCUT2D eigenvalue weighted by Crippen LogP contribution is -2.27. The van der Waals surface area contributed by atoms with Gasteiger partial charge in [-0.25, -0.2) is 0 Å². The number of hydrogen-bond donors (Lipinski definition) is 2. The molecule has 3 heteroatoms. The van der Waals surface area contributed by atoms with E-state index >= 15 is 0 Å². The predicted molar refractivity (Wildman–Crippen MR) is 96.7 cm³/mol. The van der Waals surface area contributed by atoms with E-state index in [1.165, 1.54) is 11.6 Å². The van der Waals surface area contributed by atoms with Gasteiger partial charge in [-0.15, -0.1) is 0 Å². The molecule has 0 aromatic heterocycles. The Kier molecular flexibility index (Phi) is 6.77. The maximum atomic E-state index is 10.8. The van der Waals surface area contributed by atoms with Crippen LogP contribution in [0.15, 0.2) is 58.7 Å². The number of aliphatic hydroxyl groups excluding tert-OH is 1. The fourth-order valence-corrected chi connectivity index (χ4v) is 2.81. The fourth-order valence-electron chi connectivity index (χ4n) is 2.81. The van der Waals surface area contributed by atoms with Gasteiger partial charge < -0.3 is 10.8 Å². The standard InChI is InChI=1S/C20H29NO2/c1-14(7-6-8-15(2)13-19(21)23)9-10-17-16(3)18(22)11-12-20(17,4)5/h6-10,13,18,22H,11-12H2,1-5H3,(H2,21,23). The number of aliphatic hydroxyl groups is 1. The Hall–Kier alpha value is -1.87. The molecule has 3 nitrogen and oxygen atoms in total. The third-order valence-corrected chi connectivity index (χ3v) is 4.30. The van der Waals surface area contributed by atoms with Crippen molar-refractivity contribution in [3.05, 3.63) is 58.7 Å². The maximum Gasteiger partial charge on any atom is 0.241 e. The lowest BCUT2D eigenvalue weighted by molar-refractivity contribution is -0.113. The minimum absolute atomic E-state index is 0.0940. The van der Waals surface area contributed by atoms with Crippen molar-refractivity contribution in [2.75, 3.05) is 0 Å². The molecule has 23 heavy (non-hydrogen) atoms. The SMILES string of the molecule is CC(C=CC1=C(C)C(O)CCC1(C)C)=CC=CC(C)=CC(N)=O. The first-order valence-electron chi connectivity index (χ1n) is 8.03. The maximum absolute atomic E-state index is 10.8. The Morgan fingerprint density at radius 2 is 1.91 bits per heavy atom. The van der Waals surface area contributed by atoms with E-state index in [4.69, 9.17) is 5.73 Å². The lowest BCUT2D eigenvalue weighted by atomic mass is 9.71. The average molecular weight is 315 g/mol. The molecule has 1 aliphatic carbocycles. The van der Waals surface area contributed by atoms with Gasteiger partial charge in [0.25, 0.3) is 0 Å². The molecule has 0 aliphatic heterocycles. The largest absolute Gasteiger partial charge is 0.389 e. The number of nitrogens with two attached hydrogens (primary N) is 1. The molecule has 1 unspecified atom stereocenters. The Morgan fingerprint density at radius 1 is 1.26 bits per heavy atom. The van der Waals surface area contributed by atoms with Crippen molar-refractivity contribution in [3.63, 3.8) is 0 Å². The summed E-state index contributed by atoms with van der Waals surface area (Å²) in [5, 5.41) is 10.1. The third kappa shape index (κ3) is 6.03. The summed E-state index contributed by atoms with van der Waals surface area (Å²) < 4.78 is 0. The van der Waals surface area contributed by atoms with Crippen LogP contribution in [0.3, 0.4) is 0 Å². The second kappa shape index (κ2) is 8.11. The number of carbonyl (C=O) groups is 1. The van der Waals surface area contributed by atoms with Crippen molar-refractivity contribution >= 4 is 5.91 Å². The summed E-state index contributed by atoms with van der Waals surface area (Å²) in [6, 6.07) is 0. The van der Waals surface area contributed by atoms with Crippen molar-refractivity contribution < 1.29 is 9.90 Å². The predicted octanol–water partition coefficient (Wildman–Crippen LogP) is 3.97. The van der Waals surface area contributed by atoms with Gasteiger partial charge in [0.05, 0.1) is 6.10 Å². The van der Waals surface area contributed by atoms with Crippen LogP contribution in [0.2, 0.25) is 0 Å². The molecule has 0 fully saturated rings. The number of carbonyl (C=O) groups excluding carboxylic acids is 1. The van der Waals surface area contributed by atoms with Gasteiger partial charge in [0, 0.05) is 6.08 Å². The summed E-state index contributed by atoms with van der Waals surface area (Å²) >= 11 is 0. The first-order valence-corrected chi connectivity index (χ1v) is 8.03. The Balaban J connectivity index is 2.87. The van der Waals surface area contributed by atoms with E-state index < -0.39 is 5.91 Å². The Labute approximate surface area is 140 Å². The highest BCUT2D eigenvalue weighted by Crippen LogP contribution is 2.40. The van der Waals surface area contributed by atoms with Crippen LogP contribution >= 0.6 is 0 Å². The molecule has 0 saturated heterocycles. The lowest BCUT2D eigenvalue weighted by Gasteiger charge is -2.35. The van der Waals surface area contributed by atoms with E-state index in [0.29, 0.717) is 0 Å². The second-order valence-corrected chi connectivity index (χ2v) is 6.93. The first-order chi connectivity index (χ1) is 10.6. The summed E-state index contributed by atoms with van der Waals surface area (Å²) in [6.07, 6.45) is 12.8. The van der Waals surface area contributed by atoms with Gasteiger partial charge in [-0.3, -0.25) is 4.79 Å². The van der Waals surface area contributed by atoms with Gasteiger partial charge in [0.15, 0.2) is 0 Å². The van der Waals surface area contributed by atoms with Crippen LogP contribution < -0.4 is 5.73 Å². The molecule has 0 radical (unpaired) electrons. The van der Waals surface area contributed by atoms with Crippen LogP contribution in [0, 0.1) is 5.41 Å². The smallest absolute Gasteiger partial charge is 0.241 e. The summed E-state index contributed by atoms with van der Waals surface area (Å²) in [6.45, 7) is 10.3. The van der Waals surface area contributed by atoms with E-state index in [0.717, 1.165) is 29.6 Å². The van der Waals surface area contributed by atoms with Crippen molar-refractivity contribution in [3.8, 4) is 0 Å². The quantitative estimate of drug-likeness (QED) is 0.595. The minimum Gasteiger partial charge on any atom is -0.389 e. The van der Waals surface area contributed by atoms with E-state index in [-0.39, 0.29) is 11.5 Å². The minimum atomic E-state index is -0.437. The first kappa shape index (κ1) is 19.2. The van der Waals surface area contributed by atoms with Gasteiger partial charge in [0.1, 0.15) is 0 Å². The van der Waals surface area contributed by atoms with Gasteiger partial charge >= 0.3 is 0 Å². The molecule has 1 rings (SSSR count). The Bertz CT molecular complexity index is 601. The van der Waals surface area contributed by atoms with Crippen LogP contribution in [-0.2, 0) is 4.79 Å². The molecule has 1 aliphatic rings. The second-order valence-electron chi connectivity index (χ2n) is 6.93. The zero-order valence-corrected chi connectivity index (χ0v) is 14.9. The zero-order valence-electron chi connectivity index (χ0n) is 14.9. The molecule has 126 valence electrons. The number of rotatable bonds is 5.